The molecule has 0 spiro atoms. The minimum Gasteiger partial charge on any atom is -0.469 e. The first-order valence-corrected chi connectivity index (χ1v) is 5.90. The summed E-state index contributed by atoms with van der Waals surface area (Å²) in [5.74, 6) is 1.12. The van der Waals surface area contributed by atoms with Crippen molar-refractivity contribution >= 4 is 0 Å². The van der Waals surface area contributed by atoms with E-state index in [1.54, 1.807) is 0 Å². The fourth-order valence-corrected chi connectivity index (χ4v) is 2.95. The standard InChI is InChI=1S/C12H18N2O/c13-9-7-11(14-4-1-2-5-14)10-3-6-15-12(10)8-9/h3,6,9,11H,1-2,4-5,7-8,13H2. The molecule has 1 aromatic heterocycles. The van der Waals surface area contributed by atoms with Gasteiger partial charge in [0.15, 0.2) is 0 Å². The fourth-order valence-electron chi connectivity index (χ4n) is 2.95. The fraction of sp³-hybridized carbons (Fsp3) is 0.667. The van der Waals surface area contributed by atoms with Crippen LogP contribution in [0, 0.1) is 0 Å². The van der Waals surface area contributed by atoms with Crippen LogP contribution in [0.4, 0.5) is 0 Å². The smallest absolute Gasteiger partial charge is 0.110 e. The zero-order valence-electron chi connectivity index (χ0n) is 8.98. The van der Waals surface area contributed by atoms with Crippen molar-refractivity contribution in [3.63, 3.8) is 0 Å². The summed E-state index contributed by atoms with van der Waals surface area (Å²) in [6.45, 7) is 2.45. The molecular formula is C12H18N2O. The Morgan fingerprint density at radius 1 is 1.33 bits per heavy atom. The molecule has 2 N–H and O–H groups in total. The van der Waals surface area contributed by atoms with Crippen LogP contribution in [0.5, 0.6) is 0 Å². The summed E-state index contributed by atoms with van der Waals surface area (Å²) in [7, 11) is 0. The summed E-state index contributed by atoms with van der Waals surface area (Å²) in [5, 5.41) is 0. The average molecular weight is 206 g/mol. The van der Waals surface area contributed by atoms with Gasteiger partial charge >= 0.3 is 0 Å². The normalized spacial score (nSPS) is 31.8. The SMILES string of the molecule is NC1Cc2occc2C(N2CCCC2)C1. The molecule has 0 amide bonds. The number of hydrogen-bond donors (Lipinski definition) is 1. The monoisotopic (exact) mass is 206 g/mol. The molecule has 2 atom stereocenters. The Balaban J connectivity index is 1.89. The van der Waals surface area contributed by atoms with Crippen molar-refractivity contribution in [3.05, 3.63) is 23.7 Å². The Morgan fingerprint density at radius 2 is 2.13 bits per heavy atom. The summed E-state index contributed by atoms with van der Waals surface area (Å²) in [4.78, 5) is 2.56. The van der Waals surface area contributed by atoms with Crippen LogP contribution in [0.3, 0.4) is 0 Å². The number of nitrogens with zero attached hydrogens (tertiary/aromatic N) is 1. The highest BCUT2D eigenvalue weighted by Gasteiger charge is 2.32. The van der Waals surface area contributed by atoms with Gasteiger partial charge in [-0.15, -0.1) is 0 Å². The topological polar surface area (TPSA) is 42.4 Å². The molecule has 3 nitrogen and oxygen atoms in total. The Hall–Kier alpha value is -0.800. The predicted molar refractivity (Wildman–Crippen MR) is 58.6 cm³/mol. The van der Waals surface area contributed by atoms with E-state index in [1.165, 1.54) is 31.5 Å². The van der Waals surface area contributed by atoms with Gasteiger partial charge in [0.05, 0.1) is 6.26 Å². The van der Waals surface area contributed by atoms with Crippen LogP contribution in [0.2, 0.25) is 0 Å². The zero-order valence-corrected chi connectivity index (χ0v) is 8.98. The van der Waals surface area contributed by atoms with Crippen molar-refractivity contribution in [1.82, 2.24) is 4.90 Å². The first kappa shape index (κ1) is 9.43. The Bertz CT molecular complexity index is 341. The molecule has 0 aromatic carbocycles. The quantitative estimate of drug-likeness (QED) is 0.760. The van der Waals surface area contributed by atoms with E-state index >= 15 is 0 Å². The maximum Gasteiger partial charge on any atom is 0.110 e. The summed E-state index contributed by atoms with van der Waals surface area (Å²) in [6.07, 6.45) is 6.48. The van der Waals surface area contributed by atoms with E-state index in [0.717, 1.165) is 18.6 Å². The van der Waals surface area contributed by atoms with Gasteiger partial charge in [-0.2, -0.15) is 0 Å². The van der Waals surface area contributed by atoms with Crippen molar-refractivity contribution in [1.29, 1.82) is 0 Å². The highest BCUT2D eigenvalue weighted by molar-refractivity contribution is 5.26. The number of hydrogen-bond acceptors (Lipinski definition) is 3. The summed E-state index contributed by atoms with van der Waals surface area (Å²) in [5.41, 5.74) is 7.47. The summed E-state index contributed by atoms with van der Waals surface area (Å²) < 4.78 is 5.51. The van der Waals surface area contributed by atoms with Gasteiger partial charge in [-0.1, -0.05) is 0 Å². The number of fused-ring (bicyclic) bond motifs is 1. The molecule has 1 aliphatic heterocycles. The molecule has 1 aliphatic carbocycles. The van der Waals surface area contributed by atoms with E-state index in [4.69, 9.17) is 10.2 Å². The molecule has 0 radical (unpaired) electrons. The van der Waals surface area contributed by atoms with Crippen molar-refractivity contribution in [2.45, 2.75) is 37.8 Å². The highest BCUT2D eigenvalue weighted by Crippen LogP contribution is 2.36. The van der Waals surface area contributed by atoms with Crippen molar-refractivity contribution < 1.29 is 4.42 Å². The van der Waals surface area contributed by atoms with Crippen LogP contribution in [0.1, 0.15) is 36.6 Å². The largest absolute Gasteiger partial charge is 0.469 e. The third-order valence-electron chi connectivity index (χ3n) is 3.69. The first-order valence-electron chi connectivity index (χ1n) is 5.90. The van der Waals surface area contributed by atoms with Crippen LogP contribution in [-0.4, -0.2) is 24.0 Å². The molecule has 3 rings (SSSR count). The summed E-state index contributed by atoms with van der Waals surface area (Å²) >= 11 is 0. The third-order valence-corrected chi connectivity index (χ3v) is 3.69. The van der Waals surface area contributed by atoms with Gasteiger partial charge in [-0.05, 0) is 38.4 Å². The second-order valence-corrected chi connectivity index (χ2v) is 4.76. The molecule has 2 unspecified atom stereocenters. The number of furan rings is 1. The van der Waals surface area contributed by atoms with Gasteiger partial charge in [0.2, 0.25) is 0 Å². The minimum absolute atomic E-state index is 0.272. The number of rotatable bonds is 1. The molecule has 0 saturated carbocycles. The van der Waals surface area contributed by atoms with Crippen molar-refractivity contribution in [2.75, 3.05) is 13.1 Å². The van der Waals surface area contributed by atoms with Gasteiger partial charge in [-0.3, -0.25) is 4.90 Å². The summed E-state index contributed by atoms with van der Waals surface area (Å²) in [6, 6.07) is 2.92. The number of likely N-dealkylation sites (tertiary alicyclic amines) is 1. The molecule has 0 bridgehead atoms. The van der Waals surface area contributed by atoms with Crippen LogP contribution in [0.25, 0.3) is 0 Å². The van der Waals surface area contributed by atoms with Crippen LogP contribution < -0.4 is 5.73 Å². The van der Waals surface area contributed by atoms with Gasteiger partial charge in [0.25, 0.3) is 0 Å². The Morgan fingerprint density at radius 3 is 2.93 bits per heavy atom. The van der Waals surface area contributed by atoms with E-state index in [-0.39, 0.29) is 6.04 Å². The Labute approximate surface area is 90.2 Å². The van der Waals surface area contributed by atoms with E-state index in [0.29, 0.717) is 6.04 Å². The molecular weight excluding hydrogens is 188 g/mol. The molecule has 82 valence electrons. The first-order chi connectivity index (χ1) is 7.34. The second kappa shape index (κ2) is 3.65. The van der Waals surface area contributed by atoms with Crippen LogP contribution >= 0.6 is 0 Å². The van der Waals surface area contributed by atoms with Gasteiger partial charge < -0.3 is 10.2 Å². The molecule has 3 heteroatoms. The van der Waals surface area contributed by atoms with Gasteiger partial charge in [-0.25, -0.2) is 0 Å². The van der Waals surface area contributed by atoms with Crippen LogP contribution in [-0.2, 0) is 6.42 Å². The maximum atomic E-state index is 6.08. The highest BCUT2D eigenvalue weighted by atomic mass is 16.3. The van der Waals surface area contributed by atoms with Crippen molar-refractivity contribution in [3.8, 4) is 0 Å². The molecule has 2 aliphatic rings. The van der Waals surface area contributed by atoms with Gasteiger partial charge in [0, 0.05) is 24.1 Å². The molecule has 1 saturated heterocycles. The lowest BCUT2D eigenvalue weighted by Crippen LogP contribution is -2.37. The lowest BCUT2D eigenvalue weighted by molar-refractivity contribution is 0.206. The third kappa shape index (κ3) is 1.60. The van der Waals surface area contributed by atoms with E-state index in [2.05, 4.69) is 11.0 Å². The average Bonchev–Trinajstić information content (AvgIpc) is 2.86. The number of nitrogens with two attached hydrogens (primary N) is 1. The lowest BCUT2D eigenvalue weighted by Gasteiger charge is -2.33. The van der Waals surface area contributed by atoms with Crippen molar-refractivity contribution in [2.24, 2.45) is 5.73 Å². The zero-order chi connectivity index (χ0) is 10.3. The lowest BCUT2D eigenvalue weighted by atomic mass is 9.89. The molecule has 2 heterocycles. The predicted octanol–water partition coefficient (Wildman–Crippen LogP) is 1.69. The minimum atomic E-state index is 0.272. The second-order valence-electron chi connectivity index (χ2n) is 4.76. The van der Waals surface area contributed by atoms with E-state index in [9.17, 15) is 0 Å². The van der Waals surface area contributed by atoms with E-state index in [1.807, 2.05) is 6.26 Å². The maximum absolute atomic E-state index is 6.08. The molecule has 15 heavy (non-hydrogen) atoms. The molecule has 1 aromatic rings. The Kier molecular flexibility index (Phi) is 2.29. The van der Waals surface area contributed by atoms with E-state index < -0.39 is 0 Å². The van der Waals surface area contributed by atoms with Gasteiger partial charge in [0.1, 0.15) is 5.76 Å². The molecule has 1 fully saturated rings. The van der Waals surface area contributed by atoms with Crippen LogP contribution in [0.15, 0.2) is 16.7 Å².